The number of nitrogens with zero attached hydrogens (tertiary/aromatic N) is 4. The average molecular weight is 293 g/mol. The van der Waals surface area contributed by atoms with Crippen LogP contribution in [0.4, 0.5) is 19.0 Å². The lowest BCUT2D eigenvalue weighted by molar-refractivity contribution is -0.141. The van der Waals surface area contributed by atoms with E-state index in [1.165, 1.54) is 0 Å². The summed E-state index contributed by atoms with van der Waals surface area (Å²) in [6.07, 6.45) is -3.01. The second-order valence-corrected chi connectivity index (χ2v) is 4.15. The summed E-state index contributed by atoms with van der Waals surface area (Å²) in [5.41, 5.74) is -0.428. The number of pyridine rings is 1. The lowest BCUT2D eigenvalue weighted by atomic mass is 10.2. The standard InChI is InChI=1S/C13H10F3N5/c1-8-18-5-4-10(20-8)7-19-12-9(6-17)2-3-11(21-12)13(14,15)16/h2-5H,7H2,1H3,(H,19,21). The molecule has 2 heterocycles. The van der Waals surface area contributed by atoms with Crippen LogP contribution in [0.3, 0.4) is 0 Å². The molecule has 0 saturated carbocycles. The SMILES string of the molecule is Cc1nccc(CNc2nc(C(F)(F)F)ccc2C#N)n1. The molecule has 2 rings (SSSR count). The molecule has 0 fully saturated rings. The minimum absolute atomic E-state index is 0.0359. The van der Waals surface area contributed by atoms with Gasteiger partial charge >= 0.3 is 6.18 Å². The van der Waals surface area contributed by atoms with E-state index in [9.17, 15) is 13.2 Å². The summed E-state index contributed by atoms with van der Waals surface area (Å²) in [6, 6.07) is 5.28. The maximum absolute atomic E-state index is 12.6. The molecule has 0 saturated heterocycles. The molecule has 0 radical (unpaired) electrons. The van der Waals surface area contributed by atoms with Gasteiger partial charge in [0.15, 0.2) is 0 Å². The van der Waals surface area contributed by atoms with Crippen LogP contribution in [0.2, 0.25) is 0 Å². The van der Waals surface area contributed by atoms with Gasteiger partial charge in [-0.05, 0) is 25.1 Å². The van der Waals surface area contributed by atoms with Crippen LogP contribution in [0.25, 0.3) is 0 Å². The number of hydrogen-bond donors (Lipinski definition) is 1. The molecule has 0 aromatic carbocycles. The van der Waals surface area contributed by atoms with Gasteiger partial charge in [0.05, 0.1) is 17.8 Å². The van der Waals surface area contributed by atoms with Crippen molar-refractivity contribution in [3.05, 3.63) is 47.2 Å². The lowest BCUT2D eigenvalue weighted by Crippen LogP contribution is -2.12. The van der Waals surface area contributed by atoms with Crippen LogP contribution in [0.1, 0.15) is 22.8 Å². The molecule has 0 aliphatic carbocycles. The van der Waals surface area contributed by atoms with Crippen molar-refractivity contribution in [1.29, 1.82) is 5.26 Å². The van der Waals surface area contributed by atoms with Gasteiger partial charge in [0, 0.05) is 6.20 Å². The zero-order valence-corrected chi connectivity index (χ0v) is 10.9. The molecule has 8 heteroatoms. The Morgan fingerprint density at radius 3 is 2.62 bits per heavy atom. The van der Waals surface area contributed by atoms with E-state index in [4.69, 9.17) is 5.26 Å². The van der Waals surface area contributed by atoms with Crippen molar-refractivity contribution in [3.63, 3.8) is 0 Å². The molecule has 0 aliphatic heterocycles. The highest BCUT2D eigenvalue weighted by atomic mass is 19.4. The number of aromatic nitrogens is 3. The molecule has 0 aliphatic rings. The van der Waals surface area contributed by atoms with Crippen LogP contribution >= 0.6 is 0 Å². The zero-order valence-electron chi connectivity index (χ0n) is 10.9. The highest BCUT2D eigenvalue weighted by molar-refractivity contribution is 5.52. The summed E-state index contributed by atoms with van der Waals surface area (Å²) in [6.45, 7) is 1.85. The van der Waals surface area contributed by atoms with E-state index in [-0.39, 0.29) is 17.9 Å². The van der Waals surface area contributed by atoms with Gasteiger partial charge in [0.25, 0.3) is 0 Å². The van der Waals surface area contributed by atoms with Crippen LogP contribution in [0.5, 0.6) is 0 Å². The number of halogens is 3. The zero-order chi connectivity index (χ0) is 15.5. The van der Waals surface area contributed by atoms with Gasteiger partial charge in [0.2, 0.25) is 0 Å². The molecule has 2 aromatic rings. The minimum Gasteiger partial charge on any atom is -0.363 e. The highest BCUT2D eigenvalue weighted by Gasteiger charge is 2.33. The number of aryl methyl sites for hydroxylation is 1. The Morgan fingerprint density at radius 2 is 2.00 bits per heavy atom. The van der Waals surface area contributed by atoms with Crippen molar-refractivity contribution in [3.8, 4) is 6.07 Å². The third kappa shape index (κ3) is 3.66. The first-order chi connectivity index (χ1) is 9.90. The van der Waals surface area contributed by atoms with Crippen molar-refractivity contribution in [1.82, 2.24) is 15.0 Å². The summed E-state index contributed by atoms with van der Waals surface area (Å²) < 4.78 is 37.9. The van der Waals surface area contributed by atoms with Gasteiger partial charge in [-0.1, -0.05) is 0 Å². The Bertz CT molecular complexity index is 691. The number of hydrogen-bond acceptors (Lipinski definition) is 5. The van der Waals surface area contributed by atoms with E-state index < -0.39 is 11.9 Å². The summed E-state index contributed by atoms with van der Waals surface area (Å²) in [4.78, 5) is 11.5. The molecule has 2 aromatic heterocycles. The summed E-state index contributed by atoms with van der Waals surface area (Å²) in [7, 11) is 0. The van der Waals surface area contributed by atoms with Crippen molar-refractivity contribution >= 4 is 5.82 Å². The molecule has 0 bridgehead atoms. The lowest BCUT2D eigenvalue weighted by Gasteiger charge is -2.11. The quantitative estimate of drug-likeness (QED) is 0.941. The molecule has 1 N–H and O–H groups in total. The van der Waals surface area contributed by atoms with Crippen LogP contribution in [0.15, 0.2) is 24.4 Å². The first-order valence-corrected chi connectivity index (χ1v) is 5.91. The fraction of sp³-hybridized carbons (Fsp3) is 0.231. The second kappa shape index (κ2) is 5.75. The number of anilines is 1. The minimum atomic E-state index is -4.56. The fourth-order valence-electron chi connectivity index (χ4n) is 1.62. The molecular formula is C13H10F3N5. The Hall–Kier alpha value is -2.69. The third-order valence-electron chi connectivity index (χ3n) is 2.58. The summed E-state index contributed by atoms with van der Waals surface area (Å²) >= 11 is 0. The van der Waals surface area contributed by atoms with E-state index in [1.807, 2.05) is 0 Å². The van der Waals surface area contributed by atoms with Crippen molar-refractivity contribution in [2.45, 2.75) is 19.6 Å². The third-order valence-corrected chi connectivity index (χ3v) is 2.58. The van der Waals surface area contributed by atoms with E-state index in [1.54, 1.807) is 25.3 Å². The summed E-state index contributed by atoms with van der Waals surface area (Å²) in [5.74, 6) is 0.426. The monoisotopic (exact) mass is 293 g/mol. The van der Waals surface area contributed by atoms with Gasteiger partial charge < -0.3 is 5.32 Å². The molecule has 0 amide bonds. The van der Waals surface area contributed by atoms with Gasteiger partial charge in [-0.3, -0.25) is 0 Å². The van der Waals surface area contributed by atoms with Gasteiger partial charge in [-0.25, -0.2) is 15.0 Å². The number of nitriles is 1. The first kappa shape index (κ1) is 14.7. The maximum Gasteiger partial charge on any atom is 0.433 e. The van der Waals surface area contributed by atoms with Crippen LogP contribution < -0.4 is 5.32 Å². The predicted molar refractivity (Wildman–Crippen MR) is 68.0 cm³/mol. The first-order valence-electron chi connectivity index (χ1n) is 5.91. The van der Waals surface area contributed by atoms with Crippen molar-refractivity contribution in [2.24, 2.45) is 0 Å². The Kier molecular flexibility index (Phi) is 4.03. The Labute approximate surface area is 118 Å². The fourth-order valence-corrected chi connectivity index (χ4v) is 1.62. The largest absolute Gasteiger partial charge is 0.433 e. The molecule has 108 valence electrons. The maximum atomic E-state index is 12.6. The van der Waals surface area contributed by atoms with E-state index >= 15 is 0 Å². The topological polar surface area (TPSA) is 74.5 Å². The van der Waals surface area contributed by atoms with E-state index in [0.717, 1.165) is 12.1 Å². The number of rotatable bonds is 3. The Balaban J connectivity index is 2.24. The average Bonchev–Trinajstić information content (AvgIpc) is 2.44. The summed E-state index contributed by atoms with van der Waals surface area (Å²) in [5, 5.41) is 11.6. The number of alkyl halides is 3. The number of nitrogens with one attached hydrogen (secondary N) is 1. The normalized spacial score (nSPS) is 11.0. The molecule has 0 atom stereocenters. The highest BCUT2D eigenvalue weighted by Crippen LogP contribution is 2.29. The smallest absolute Gasteiger partial charge is 0.363 e. The molecule has 21 heavy (non-hydrogen) atoms. The van der Waals surface area contributed by atoms with Crippen LogP contribution in [-0.2, 0) is 12.7 Å². The van der Waals surface area contributed by atoms with E-state index in [2.05, 4.69) is 20.3 Å². The van der Waals surface area contributed by atoms with Crippen molar-refractivity contribution < 1.29 is 13.2 Å². The predicted octanol–water partition coefficient (Wildman–Crippen LogP) is 2.68. The van der Waals surface area contributed by atoms with Gasteiger partial charge in [-0.15, -0.1) is 0 Å². The molecule has 0 unspecified atom stereocenters. The van der Waals surface area contributed by atoms with Crippen LogP contribution in [-0.4, -0.2) is 15.0 Å². The Morgan fingerprint density at radius 1 is 1.24 bits per heavy atom. The van der Waals surface area contributed by atoms with E-state index in [0.29, 0.717) is 11.5 Å². The molecule has 5 nitrogen and oxygen atoms in total. The molecular weight excluding hydrogens is 283 g/mol. The van der Waals surface area contributed by atoms with Gasteiger partial charge in [0.1, 0.15) is 23.4 Å². The van der Waals surface area contributed by atoms with Crippen LogP contribution in [0, 0.1) is 18.3 Å². The van der Waals surface area contributed by atoms with Crippen molar-refractivity contribution in [2.75, 3.05) is 5.32 Å². The molecule has 0 spiro atoms. The second-order valence-electron chi connectivity index (χ2n) is 4.15. The van der Waals surface area contributed by atoms with Gasteiger partial charge in [-0.2, -0.15) is 18.4 Å².